The average Bonchev–Trinajstić information content (AvgIpc) is 4.26. The van der Waals surface area contributed by atoms with Crippen molar-refractivity contribution < 1.29 is 55.0 Å². The highest BCUT2D eigenvalue weighted by Crippen LogP contribution is 2.31. The van der Waals surface area contributed by atoms with E-state index in [2.05, 4.69) is 97.0 Å². The maximum absolute atomic E-state index is 14.0. The second kappa shape index (κ2) is 28.4. The fourth-order valence-corrected chi connectivity index (χ4v) is 11.6. The van der Waals surface area contributed by atoms with Gasteiger partial charge in [0.1, 0.15) is 19.8 Å². The SMILES string of the molecule is CC(=O)Nc1nc(F)c(CN2CC[C@@H](OCc3nnc(C)o3)C[C@@H]2C)s1.CC(=O)Nc1nc(F)c(CN2CC[C@@H](OCc3nnc(C)o3)C[C@H]2C)s1.CC(=O)Nc1nc(F)c(CN2CC[C@H](OCc3nnc(C)o3)C[C@H]2C)s1. The van der Waals surface area contributed by atoms with E-state index in [0.717, 1.165) is 58.2 Å². The number of nitrogens with zero attached hydrogens (tertiary/aromatic N) is 12. The van der Waals surface area contributed by atoms with E-state index in [1.807, 2.05) is 0 Å². The molecule has 3 amide bonds. The molecule has 426 valence electrons. The number of anilines is 3. The predicted molar refractivity (Wildman–Crippen MR) is 279 cm³/mol. The van der Waals surface area contributed by atoms with Crippen molar-refractivity contribution in [3.8, 4) is 0 Å². The summed E-state index contributed by atoms with van der Waals surface area (Å²) in [5, 5.41) is 31.6. The van der Waals surface area contributed by atoms with Crippen LogP contribution in [-0.4, -0.2) is 134 Å². The number of amides is 3. The minimum absolute atomic E-state index is 0.106. The summed E-state index contributed by atoms with van der Waals surface area (Å²) in [6, 6.07) is 0.719. The monoisotopic (exact) mass is 1150 g/mol. The minimum atomic E-state index is -0.518. The summed E-state index contributed by atoms with van der Waals surface area (Å²) in [6.45, 7) is 20.4. The van der Waals surface area contributed by atoms with Crippen LogP contribution >= 0.6 is 34.0 Å². The Labute approximate surface area is 460 Å². The van der Waals surface area contributed by atoms with Crippen LogP contribution in [0.1, 0.15) is 130 Å². The van der Waals surface area contributed by atoms with Crippen molar-refractivity contribution in [2.75, 3.05) is 35.6 Å². The molecule has 6 atom stereocenters. The first-order valence-corrected chi connectivity index (χ1v) is 27.9. The van der Waals surface area contributed by atoms with Gasteiger partial charge in [0.2, 0.25) is 70.9 Å². The van der Waals surface area contributed by atoms with Gasteiger partial charge in [-0.25, -0.2) is 0 Å². The molecule has 78 heavy (non-hydrogen) atoms. The molecule has 3 saturated heterocycles. The fraction of sp³-hybridized carbons (Fsp3) is 0.625. The fourth-order valence-electron chi connectivity index (χ4n) is 8.90. The van der Waals surface area contributed by atoms with Crippen molar-refractivity contribution in [3.05, 3.63) is 67.8 Å². The Kier molecular flexibility index (Phi) is 21.8. The number of halogens is 3. The van der Waals surface area contributed by atoms with Crippen LogP contribution in [0.25, 0.3) is 0 Å². The lowest BCUT2D eigenvalue weighted by Gasteiger charge is -2.37. The van der Waals surface area contributed by atoms with Crippen LogP contribution in [0.5, 0.6) is 0 Å². The van der Waals surface area contributed by atoms with E-state index < -0.39 is 17.8 Å². The number of likely N-dealkylation sites (tertiary alicyclic amines) is 3. The largest absolute Gasteiger partial charge is 0.423 e. The molecule has 6 aromatic rings. The first-order chi connectivity index (χ1) is 37.2. The summed E-state index contributed by atoms with van der Waals surface area (Å²) in [6.07, 6.45) is 5.37. The summed E-state index contributed by atoms with van der Waals surface area (Å²) in [5.41, 5.74) is 0. The van der Waals surface area contributed by atoms with Crippen molar-refractivity contribution in [2.45, 2.75) is 177 Å². The highest BCUT2D eigenvalue weighted by atomic mass is 32.1. The Hall–Kier alpha value is -5.73. The second-order valence-electron chi connectivity index (χ2n) is 19.2. The molecule has 30 heteroatoms. The van der Waals surface area contributed by atoms with Gasteiger partial charge in [-0.1, -0.05) is 34.0 Å². The van der Waals surface area contributed by atoms with Gasteiger partial charge in [0.05, 0.1) is 32.9 Å². The molecule has 0 bridgehead atoms. The number of aryl methyl sites for hydroxylation is 3. The highest BCUT2D eigenvalue weighted by molar-refractivity contribution is 7.16. The lowest BCUT2D eigenvalue weighted by molar-refractivity contribution is -0.115. The van der Waals surface area contributed by atoms with E-state index in [4.69, 9.17) is 27.5 Å². The lowest BCUT2D eigenvalue weighted by atomic mass is 10.0. The third-order valence-corrected chi connectivity index (χ3v) is 15.6. The van der Waals surface area contributed by atoms with Gasteiger partial charge < -0.3 is 43.4 Å². The zero-order chi connectivity index (χ0) is 56.0. The molecule has 0 aromatic carbocycles. The molecule has 24 nitrogen and oxygen atoms in total. The van der Waals surface area contributed by atoms with E-state index in [1.165, 1.54) is 54.8 Å². The zero-order valence-corrected chi connectivity index (χ0v) is 47.4. The number of thiazole rings is 3. The molecule has 3 aliphatic heterocycles. The minimum Gasteiger partial charge on any atom is -0.423 e. The van der Waals surface area contributed by atoms with Crippen LogP contribution in [0.4, 0.5) is 28.6 Å². The third kappa shape index (κ3) is 18.4. The summed E-state index contributed by atoms with van der Waals surface area (Å²) < 4.78 is 75.5. The van der Waals surface area contributed by atoms with Gasteiger partial charge in [0.15, 0.2) is 15.4 Å². The van der Waals surface area contributed by atoms with Crippen LogP contribution in [0.3, 0.4) is 0 Å². The van der Waals surface area contributed by atoms with Gasteiger partial charge >= 0.3 is 0 Å². The first kappa shape index (κ1) is 59.9. The quantitative estimate of drug-likeness (QED) is 0.0750. The van der Waals surface area contributed by atoms with Crippen LogP contribution in [0, 0.1) is 38.6 Å². The molecule has 9 heterocycles. The van der Waals surface area contributed by atoms with Crippen LogP contribution in [0.2, 0.25) is 0 Å². The topological polar surface area (TPSA) is 280 Å². The van der Waals surface area contributed by atoms with Crippen LogP contribution < -0.4 is 16.0 Å². The van der Waals surface area contributed by atoms with Gasteiger partial charge in [-0.2, -0.15) is 28.1 Å². The molecule has 3 fully saturated rings. The summed E-state index contributed by atoms with van der Waals surface area (Å²) in [4.78, 5) is 52.7. The zero-order valence-electron chi connectivity index (χ0n) is 45.0. The number of ether oxygens (including phenoxy) is 3. The second-order valence-corrected chi connectivity index (χ2v) is 22.5. The average molecular weight is 1150 g/mol. The maximum Gasteiger partial charge on any atom is 0.242 e. The number of carbonyl (C=O) groups is 3. The number of aromatic nitrogens is 9. The van der Waals surface area contributed by atoms with Crippen molar-refractivity contribution in [3.63, 3.8) is 0 Å². The Bertz CT molecular complexity index is 2600. The maximum atomic E-state index is 14.0. The van der Waals surface area contributed by atoms with Crippen LogP contribution in [-0.2, 0) is 68.0 Å². The third-order valence-electron chi connectivity index (χ3n) is 12.8. The molecule has 0 spiro atoms. The van der Waals surface area contributed by atoms with E-state index in [9.17, 15) is 27.6 Å². The van der Waals surface area contributed by atoms with Crippen LogP contribution in [0.15, 0.2) is 13.3 Å². The number of rotatable bonds is 18. The summed E-state index contributed by atoms with van der Waals surface area (Å²) >= 11 is 3.53. The van der Waals surface area contributed by atoms with E-state index in [0.29, 0.717) is 105 Å². The summed E-state index contributed by atoms with van der Waals surface area (Å²) in [5.74, 6) is 0.697. The van der Waals surface area contributed by atoms with E-state index >= 15 is 0 Å². The van der Waals surface area contributed by atoms with Gasteiger partial charge in [-0.15, -0.1) is 30.6 Å². The number of hydrogen-bond acceptors (Lipinski definition) is 24. The normalized spacial score (nSPS) is 21.1. The lowest BCUT2D eigenvalue weighted by Crippen LogP contribution is -2.42. The molecule has 0 unspecified atom stereocenters. The molecule has 0 radical (unpaired) electrons. The Morgan fingerprint density at radius 1 is 0.500 bits per heavy atom. The number of piperidine rings is 3. The van der Waals surface area contributed by atoms with Gasteiger partial charge in [-0.05, 0) is 59.3 Å². The van der Waals surface area contributed by atoms with Crippen molar-refractivity contribution in [1.29, 1.82) is 0 Å². The summed E-state index contributed by atoms with van der Waals surface area (Å²) in [7, 11) is 0. The number of nitrogens with one attached hydrogen (secondary N) is 3. The first-order valence-electron chi connectivity index (χ1n) is 25.4. The van der Waals surface area contributed by atoms with Gasteiger partial charge in [0.25, 0.3) is 0 Å². The van der Waals surface area contributed by atoms with E-state index in [1.54, 1.807) is 20.8 Å². The van der Waals surface area contributed by atoms with E-state index in [-0.39, 0.29) is 54.2 Å². The molecule has 6 aromatic heterocycles. The molecule has 3 N–H and O–H groups in total. The smallest absolute Gasteiger partial charge is 0.242 e. The highest BCUT2D eigenvalue weighted by Gasteiger charge is 2.31. The Balaban J connectivity index is 0.000000170. The molecule has 9 rings (SSSR count). The van der Waals surface area contributed by atoms with Crippen molar-refractivity contribution in [1.82, 2.24) is 60.2 Å². The molecule has 3 aliphatic rings. The Morgan fingerprint density at radius 3 is 0.987 bits per heavy atom. The number of carbonyl (C=O) groups excluding carboxylic acids is 3. The van der Waals surface area contributed by atoms with Gasteiger partial charge in [0, 0.05) is 98.9 Å². The Morgan fingerprint density at radius 2 is 0.769 bits per heavy atom. The van der Waals surface area contributed by atoms with Gasteiger partial charge in [-0.3, -0.25) is 29.1 Å². The van der Waals surface area contributed by atoms with Crippen molar-refractivity contribution in [2.24, 2.45) is 0 Å². The molecular weight excluding hydrogens is 1080 g/mol. The molecule has 0 saturated carbocycles. The molecular formula is C48H66F3N15O9S3. The standard InChI is InChI=1S/3C16H22FN5O3S/c3*1-9-6-12(24-8-14-21-20-11(3)25-14)4-5-22(9)7-13-15(17)19-16(26-13)18-10(2)23/h3*9,12H,4-8H2,1-3H3,(H,18,19,23)/t2*9-,12+;9-,12-/m101/s1. The predicted octanol–water partition coefficient (Wildman–Crippen LogP) is 7.51. The number of hydrogen-bond donors (Lipinski definition) is 3. The van der Waals surface area contributed by atoms with Crippen molar-refractivity contribution >= 4 is 67.1 Å². The molecule has 0 aliphatic carbocycles.